The molecular formula is C14H10O4. The van der Waals surface area contributed by atoms with Crippen LogP contribution in [0.15, 0.2) is 48.5 Å². The minimum Gasteiger partial charge on any atom is -0.507 e. The Morgan fingerprint density at radius 1 is 0.889 bits per heavy atom. The summed E-state index contributed by atoms with van der Waals surface area (Å²) < 4.78 is 0. The summed E-state index contributed by atoms with van der Waals surface area (Å²) in [6.45, 7) is 0. The summed E-state index contributed by atoms with van der Waals surface area (Å²) >= 11 is 0. The molecule has 0 aliphatic carbocycles. The van der Waals surface area contributed by atoms with Gasteiger partial charge in [0.25, 0.3) is 0 Å². The van der Waals surface area contributed by atoms with Crippen molar-refractivity contribution in [3.63, 3.8) is 0 Å². The molecule has 18 heavy (non-hydrogen) atoms. The van der Waals surface area contributed by atoms with Crippen molar-refractivity contribution in [2.75, 3.05) is 0 Å². The van der Waals surface area contributed by atoms with E-state index in [4.69, 9.17) is 5.11 Å². The number of carboxylic acid groups (broad SMARTS) is 1. The Morgan fingerprint density at radius 3 is 2.22 bits per heavy atom. The van der Waals surface area contributed by atoms with Crippen LogP contribution in [0.3, 0.4) is 0 Å². The zero-order chi connectivity index (χ0) is 13.1. The van der Waals surface area contributed by atoms with Crippen molar-refractivity contribution in [3.8, 4) is 5.75 Å². The number of phenolic OH excluding ortho intramolecular Hbond substituents is 1. The Morgan fingerprint density at radius 2 is 1.56 bits per heavy atom. The molecule has 2 aromatic rings. The second-order valence-corrected chi connectivity index (χ2v) is 3.73. The molecule has 2 aromatic carbocycles. The molecule has 0 aliphatic rings. The molecule has 0 amide bonds. The monoisotopic (exact) mass is 242 g/mol. The lowest BCUT2D eigenvalue weighted by Gasteiger charge is -2.04. The zero-order valence-corrected chi connectivity index (χ0v) is 9.33. The summed E-state index contributed by atoms with van der Waals surface area (Å²) in [5.41, 5.74) is 0.424. The van der Waals surface area contributed by atoms with E-state index in [-0.39, 0.29) is 22.4 Å². The van der Waals surface area contributed by atoms with Gasteiger partial charge in [0.15, 0.2) is 5.78 Å². The number of phenols is 1. The van der Waals surface area contributed by atoms with Gasteiger partial charge in [0.2, 0.25) is 0 Å². The highest BCUT2D eigenvalue weighted by atomic mass is 16.4. The van der Waals surface area contributed by atoms with Crippen LogP contribution in [-0.2, 0) is 0 Å². The van der Waals surface area contributed by atoms with E-state index in [1.165, 1.54) is 36.4 Å². The van der Waals surface area contributed by atoms with Crippen molar-refractivity contribution >= 4 is 11.8 Å². The lowest BCUT2D eigenvalue weighted by atomic mass is 10.0. The van der Waals surface area contributed by atoms with Crippen molar-refractivity contribution < 1.29 is 19.8 Å². The van der Waals surface area contributed by atoms with Gasteiger partial charge in [-0.25, -0.2) is 4.79 Å². The minimum atomic E-state index is -1.10. The fourth-order valence-corrected chi connectivity index (χ4v) is 1.61. The molecule has 4 heteroatoms. The second kappa shape index (κ2) is 4.71. The third-order valence-corrected chi connectivity index (χ3v) is 2.52. The molecule has 4 nitrogen and oxygen atoms in total. The van der Waals surface area contributed by atoms with E-state index in [1.807, 2.05) is 0 Å². The van der Waals surface area contributed by atoms with E-state index in [0.717, 1.165) is 0 Å². The molecule has 0 bridgehead atoms. The Labute approximate surface area is 103 Å². The fourth-order valence-electron chi connectivity index (χ4n) is 1.61. The summed E-state index contributed by atoms with van der Waals surface area (Å²) in [7, 11) is 0. The van der Waals surface area contributed by atoms with Crippen molar-refractivity contribution in [2.45, 2.75) is 0 Å². The largest absolute Gasteiger partial charge is 0.507 e. The SMILES string of the molecule is O=C(O)c1cccc(C(=O)c2ccccc2O)c1. The first-order chi connectivity index (χ1) is 8.59. The van der Waals surface area contributed by atoms with E-state index in [0.29, 0.717) is 0 Å². The maximum absolute atomic E-state index is 12.1. The number of carbonyl (C=O) groups is 2. The predicted octanol–water partition coefficient (Wildman–Crippen LogP) is 2.32. The first kappa shape index (κ1) is 11.9. The Bertz CT molecular complexity index is 617. The van der Waals surface area contributed by atoms with Crippen LogP contribution in [0.1, 0.15) is 26.3 Å². The third-order valence-electron chi connectivity index (χ3n) is 2.52. The van der Waals surface area contributed by atoms with Crippen LogP contribution in [0.5, 0.6) is 5.75 Å². The van der Waals surface area contributed by atoms with Crippen LogP contribution in [0, 0.1) is 0 Å². The number of ketones is 1. The topological polar surface area (TPSA) is 74.6 Å². The quantitative estimate of drug-likeness (QED) is 0.810. The molecular weight excluding hydrogens is 232 g/mol. The number of hydrogen-bond donors (Lipinski definition) is 2. The smallest absolute Gasteiger partial charge is 0.335 e. The highest BCUT2D eigenvalue weighted by Gasteiger charge is 2.14. The summed E-state index contributed by atoms with van der Waals surface area (Å²) in [6, 6.07) is 11.9. The number of aromatic hydroxyl groups is 1. The molecule has 0 radical (unpaired) electrons. The van der Waals surface area contributed by atoms with Crippen molar-refractivity contribution in [1.82, 2.24) is 0 Å². The molecule has 0 aromatic heterocycles. The lowest BCUT2D eigenvalue weighted by Crippen LogP contribution is -2.04. The summed E-state index contributed by atoms with van der Waals surface area (Å²) in [5.74, 6) is -1.62. The summed E-state index contributed by atoms with van der Waals surface area (Å²) in [5, 5.41) is 18.4. The van der Waals surface area contributed by atoms with Gasteiger partial charge in [-0.2, -0.15) is 0 Å². The zero-order valence-electron chi connectivity index (χ0n) is 9.33. The molecule has 90 valence electrons. The second-order valence-electron chi connectivity index (χ2n) is 3.73. The predicted molar refractivity (Wildman–Crippen MR) is 64.9 cm³/mol. The van der Waals surface area contributed by atoms with Crippen LogP contribution in [0.2, 0.25) is 0 Å². The maximum Gasteiger partial charge on any atom is 0.335 e. The highest BCUT2D eigenvalue weighted by molar-refractivity contribution is 6.11. The van der Waals surface area contributed by atoms with Gasteiger partial charge in [0, 0.05) is 5.56 Å². The Balaban J connectivity index is 2.44. The first-order valence-corrected chi connectivity index (χ1v) is 5.25. The van der Waals surface area contributed by atoms with Crippen LogP contribution >= 0.6 is 0 Å². The Kier molecular flexibility index (Phi) is 3.10. The van der Waals surface area contributed by atoms with Gasteiger partial charge in [0.05, 0.1) is 11.1 Å². The number of hydrogen-bond acceptors (Lipinski definition) is 3. The molecule has 0 saturated heterocycles. The summed E-state index contributed by atoms with van der Waals surface area (Å²) in [4.78, 5) is 22.9. The maximum atomic E-state index is 12.1. The molecule has 0 fully saturated rings. The van der Waals surface area contributed by atoms with Gasteiger partial charge in [-0.05, 0) is 24.3 Å². The van der Waals surface area contributed by atoms with Gasteiger partial charge in [0.1, 0.15) is 5.75 Å². The Hall–Kier alpha value is -2.62. The molecule has 0 aliphatic heterocycles. The lowest BCUT2D eigenvalue weighted by molar-refractivity contribution is 0.0697. The number of carboxylic acids is 1. The van der Waals surface area contributed by atoms with Crippen LogP contribution in [0.4, 0.5) is 0 Å². The standard InChI is InChI=1S/C14H10O4/c15-12-7-2-1-6-11(12)13(16)9-4-3-5-10(8-9)14(17)18/h1-8,15H,(H,17,18). The van der Waals surface area contributed by atoms with Crippen molar-refractivity contribution in [3.05, 3.63) is 65.2 Å². The van der Waals surface area contributed by atoms with E-state index in [1.54, 1.807) is 12.1 Å². The van der Waals surface area contributed by atoms with Gasteiger partial charge in [-0.1, -0.05) is 24.3 Å². The number of benzene rings is 2. The summed E-state index contributed by atoms with van der Waals surface area (Å²) in [6.07, 6.45) is 0. The molecule has 0 heterocycles. The van der Waals surface area contributed by atoms with E-state index in [2.05, 4.69) is 0 Å². The molecule has 2 N–H and O–H groups in total. The van der Waals surface area contributed by atoms with Gasteiger partial charge in [-0.3, -0.25) is 4.79 Å². The number of rotatable bonds is 3. The van der Waals surface area contributed by atoms with Crippen molar-refractivity contribution in [2.24, 2.45) is 0 Å². The first-order valence-electron chi connectivity index (χ1n) is 5.25. The van der Waals surface area contributed by atoms with Crippen LogP contribution in [-0.4, -0.2) is 22.0 Å². The van der Waals surface area contributed by atoms with E-state index < -0.39 is 11.8 Å². The minimum absolute atomic E-state index is 0.0382. The number of carbonyl (C=O) groups excluding carboxylic acids is 1. The van der Waals surface area contributed by atoms with Crippen molar-refractivity contribution in [1.29, 1.82) is 0 Å². The van der Waals surface area contributed by atoms with Crippen LogP contribution in [0.25, 0.3) is 0 Å². The molecule has 0 spiro atoms. The molecule has 0 unspecified atom stereocenters. The van der Waals surface area contributed by atoms with Gasteiger partial charge < -0.3 is 10.2 Å². The van der Waals surface area contributed by atoms with E-state index >= 15 is 0 Å². The van der Waals surface area contributed by atoms with Gasteiger partial charge in [-0.15, -0.1) is 0 Å². The average Bonchev–Trinajstić information content (AvgIpc) is 2.38. The fraction of sp³-hybridized carbons (Fsp3) is 0. The molecule has 2 rings (SSSR count). The molecule has 0 atom stereocenters. The number of para-hydroxylation sites is 1. The highest BCUT2D eigenvalue weighted by Crippen LogP contribution is 2.20. The number of aromatic carboxylic acids is 1. The van der Waals surface area contributed by atoms with Crippen LogP contribution < -0.4 is 0 Å². The average molecular weight is 242 g/mol. The normalized spacial score (nSPS) is 10.0. The van der Waals surface area contributed by atoms with Gasteiger partial charge >= 0.3 is 5.97 Å². The third kappa shape index (κ3) is 2.22. The van der Waals surface area contributed by atoms with E-state index in [9.17, 15) is 14.7 Å². The molecule has 0 saturated carbocycles.